The van der Waals surface area contributed by atoms with Gasteiger partial charge in [0, 0.05) is 25.6 Å². The van der Waals surface area contributed by atoms with Crippen molar-refractivity contribution in [3.63, 3.8) is 0 Å². The monoisotopic (exact) mass is 268 g/mol. The van der Waals surface area contributed by atoms with Gasteiger partial charge in [0.25, 0.3) is 0 Å². The molecule has 5 heteroatoms. The highest BCUT2D eigenvalue weighted by atomic mass is 16.4. The number of piperidine rings is 2. The van der Waals surface area contributed by atoms with Crippen molar-refractivity contribution in [2.75, 3.05) is 26.7 Å². The molecule has 2 aliphatic rings. The summed E-state index contributed by atoms with van der Waals surface area (Å²) >= 11 is 0. The Kier molecular flexibility index (Phi) is 4.80. The first-order valence-corrected chi connectivity index (χ1v) is 7.28. The number of hydrogen-bond acceptors (Lipinski definition) is 3. The summed E-state index contributed by atoms with van der Waals surface area (Å²) in [6, 6.07) is 0.374. The van der Waals surface area contributed by atoms with Crippen LogP contribution in [-0.4, -0.2) is 59.5 Å². The van der Waals surface area contributed by atoms with Crippen molar-refractivity contribution in [3.05, 3.63) is 0 Å². The van der Waals surface area contributed by atoms with Crippen LogP contribution in [0.5, 0.6) is 0 Å². The van der Waals surface area contributed by atoms with Crippen LogP contribution in [0.2, 0.25) is 0 Å². The minimum absolute atomic E-state index is 0.197. The summed E-state index contributed by atoms with van der Waals surface area (Å²) in [5, 5.41) is 8.95. The third-order valence-electron chi connectivity index (χ3n) is 4.53. The molecule has 0 bridgehead atoms. The van der Waals surface area contributed by atoms with Gasteiger partial charge < -0.3 is 14.9 Å². The minimum Gasteiger partial charge on any atom is -0.481 e. The lowest BCUT2D eigenvalue weighted by Crippen LogP contribution is -2.44. The fourth-order valence-electron chi connectivity index (χ4n) is 3.11. The molecule has 2 aliphatic heterocycles. The van der Waals surface area contributed by atoms with Crippen molar-refractivity contribution in [1.82, 2.24) is 9.80 Å². The first-order chi connectivity index (χ1) is 9.08. The topological polar surface area (TPSA) is 60.9 Å². The van der Waals surface area contributed by atoms with Gasteiger partial charge in [-0.05, 0) is 39.3 Å². The number of carboxylic acids is 1. The van der Waals surface area contributed by atoms with E-state index in [0.29, 0.717) is 38.4 Å². The number of carbonyl (C=O) groups excluding carboxylic acids is 1. The normalized spacial score (nSPS) is 26.4. The van der Waals surface area contributed by atoms with Gasteiger partial charge in [-0.1, -0.05) is 6.42 Å². The molecule has 1 atom stereocenters. The third-order valence-corrected chi connectivity index (χ3v) is 4.53. The second-order valence-corrected chi connectivity index (χ2v) is 5.83. The summed E-state index contributed by atoms with van der Waals surface area (Å²) in [5.74, 6) is -0.789. The smallest absolute Gasteiger partial charge is 0.306 e. The van der Waals surface area contributed by atoms with Gasteiger partial charge >= 0.3 is 5.97 Å². The number of rotatable bonds is 3. The Hall–Kier alpha value is -1.10. The van der Waals surface area contributed by atoms with Crippen LogP contribution in [0.25, 0.3) is 0 Å². The summed E-state index contributed by atoms with van der Waals surface area (Å²) in [6.07, 6.45) is 5.33. The van der Waals surface area contributed by atoms with Gasteiger partial charge in [-0.2, -0.15) is 0 Å². The Morgan fingerprint density at radius 1 is 1.11 bits per heavy atom. The van der Waals surface area contributed by atoms with E-state index in [4.69, 9.17) is 5.11 Å². The van der Waals surface area contributed by atoms with Gasteiger partial charge in [-0.3, -0.25) is 9.59 Å². The average Bonchev–Trinajstić information content (AvgIpc) is 2.41. The number of nitrogens with zero attached hydrogens (tertiary/aromatic N) is 2. The molecule has 2 fully saturated rings. The van der Waals surface area contributed by atoms with E-state index in [1.54, 1.807) is 0 Å². The van der Waals surface area contributed by atoms with E-state index in [1.807, 2.05) is 4.90 Å². The Morgan fingerprint density at radius 2 is 1.79 bits per heavy atom. The van der Waals surface area contributed by atoms with Crippen molar-refractivity contribution >= 4 is 11.9 Å². The highest BCUT2D eigenvalue weighted by Gasteiger charge is 2.29. The van der Waals surface area contributed by atoms with Crippen LogP contribution >= 0.6 is 0 Å². The number of aliphatic carboxylic acids is 1. The predicted molar refractivity (Wildman–Crippen MR) is 71.8 cm³/mol. The molecule has 2 rings (SSSR count). The van der Waals surface area contributed by atoms with Gasteiger partial charge in [0.1, 0.15) is 0 Å². The molecule has 2 saturated heterocycles. The van der Waals surface area contributed by atoms with Crippen molar-refractivity contribution in [3.8, 4) is 0 Å². The van der Waals surface area contributed by atoms with Crippen LogP contribution in [0, 0.1) is 5.92 Å². The van der Waals surface area contributed by atoms with E-state index in [-0.39, 0.29) is 11.8 Å². The Labute approximate surface area is 114 Å². The number of likely N-dealkylation sites (tertiary alicyclic amines) is 2. The van der Waals surface area contributed by atoms with Gasteiger partial charge in [0.05, 0.1) is 5.92 Å². The number of carbonyl (C=O) groups is 2. The minimum atomic E-state index is -0.723. The summed E-state index contributed by atoms with van der Waals surface area (Å²) in [6.45, 7) is 2.29. The lowest BCUT2D eigenvalue weighted by molar-refractivity contribution is -0.146. The quantitative estimate of drug-likeness (QED) is 0.835. The van der Waals surface area contributed by atoms with Crippen molar-refractivity contribution < 1.29 is 14.7 Å². The van der Waals surface area contributed by atoms with Gasteiger partial charge in [-0.25, -0.2) is 0 Å². The number of hydrogen-bond donors (Lipinski definition) is 1. The zero-order valence-electron chi connectivity index (χ0n) is 11.7. The Balaban J connectivity index is 1.79. The first kappa shape index (κ1) is 14.3. The molecule has 1 unspecified atom stereocenters. The van der Waals surface area contributed by atoms with Crippen molar-refractivity contribution in [2.24, 2.45) is 5.92 Å². The second kappa shape index (κ2) is 6.37. The Bertz CT molecular complexity index is 338. The zero-order valence-corrected chi connectivity index (χ0v) is 11.7. The molecule has 2 heterocycles. The molecule has 0 saturated carbocycles. The van der Waals surface area contributed by atoms with Crippen LogP contribution in [-0.2, 0) is 9.59 Å². The standard InChI is InChI=1S/C14H24N2O3/c1-15-7-3-2-4-12(15)10-13(17)16-8-5-11(6-9-16)14(18)19/h11-12H,2-10H2,1H3,(H,18,19). The van der Waals surface area contributed by atoms with E-state index in [9.17, 15) is 9.59 Å². The molecule has 0 spiro atoms. The predicted octanol–water partition coefficient (Wildman–Crippen LogP) is 1.18. The lowest BCUT2D eigenvalue weighted by atomic mass is 9.95. The molecule has 108 valence electrons. The van der Waals surface area contributed by atoms with E-state index in [1.165, 1.54) is 12.8 Å². The molecule has 19 heavy (non-hydrogen) atoms. The summed E-state index contributed by atoms with van der Waals surface area (Å²) in [7, 11) is 2.09. The highest BCUT2D eigenvalue weighted by Crippen LogP contribution is 2.21. The van der Waals surface area contributed by atoms with Crippen LogP contribution in [0.4, 0.5) is 0 Å². The van der Waals surface area contributed by atoms with Gasteiger partial charge in [-0.15, -0.1) is 0 Å². The molecule has 1 N–H and O–H groups in total. The van der Waals surface area contributed by atoms with Crippen molar-refractivity contribution in [2.45, 2.75) is 44.6 Å². The molecular formula is C14H24N2O3. The highest BCUT2D eigenvalue weighted by molar-refractivity contribution is 5.77. The average molecular weight is 268 g/mol. The largest absolute Gasteiger partial charge is 0.481 e. The van der Waals surface area contributed by atoms with E-state index in [2.05, 4.69) is 11.9 Å². The molecule has 0 radical (unpaired) electrons. The molecule has 0 aliphatic carbocycles. The maximum atomic E-state index is 12.2. The molecular weight excluding hydrogens is 244 g/mol. The molecule has 1 amide bonds. The number of carboxylic acid groups (broad SMARTS) is 1. The SMILES string of the molecule is CN1CCCCC1CC(=O)N1CCC(C(=O)O)CC1. The zero-order chi connectivity index (χ0) is 13.8. The number of amides is 1. The summed E-state index contributed by atoms with van der Waals surface area (Å²) in [5.41, 5.74) is 0. The third kappa shape index (κ3) is 3.69. The van der Waals surface area contributed by atoms with E-state index in [0.717, 1.165) is 13.0 Å². The molecule has 0 aromatic heterocycles. The van der Waals surface area contributed by atoms with Gasteiger partial charge in [0.2, 0.25) is 5.91 Å². The van der Waals surface area contributed by atoms with Crippen molar-refractivity contribution in [1.29, 1.82) is 0 Å². The van der Waals surface area contributed by atoms with E-state index >= 15 is 0 Å². The Morgan fingerprint density at radius 3 is 2.37 bits per heavy atom. The maximum Gasteiger partial charge on any atom is 0.306 e. The van der Waals surface area contributed by atoms with Crippen LogP contribution in [0.15, 0.2) is 0 Å². The molecule has 0 aromatic rings. The summed E-state index contributed by atoms with van der Waals surface area (Å²) in [4.78, 5) is 27.3. The molecule has 5 nitrogen and oxygen atoms in total. The van der Waals surface area contributed by atoms with E-state index < -0.39 is 5.97 Å². The van der Waals surface area contributed by atoms with Gasteiger partial charge in [0.15, 0.2) is 0 Å². The fourth-order valence-corrected chi connectivity index (χ4v) is 3.11. The van der Waals surface area contributed by atoms with Crippen LogP contribution in [0.3, 0.4) is 0 Å². The van der Waals surface area contributed by atoms with Crippen LogP contribution < -0.4 is 0 Å². The van der Waals surface area contributed by atoms with Crippen LogP contribution in [0.1, 0.15) is 38.5 Å². The fraction of sp³-hybridized carbons (Fsp3) is 0.857. The lowest BCUT2D eigenvalue weighted by Gasteiger charge is -2.35. The maximum absolute atomic E-state index is 12.2. The second-order valence-electron chi connectivity index (χ2n) is 5.83. The summed E-state index contributed by atoms with van der Waals surface area (Å²) < 4.78 is 0. The first-order valence-electron chi connectivity index (χ1n) is 7.28. The molecule has 0 aromatic carbocycles.